The lowest BCUT2D eigenvalue weighted by Gasteiger charge is -2.40. The number of hydrogen-bond donors (Lipinski definition) is 0. The van der Waals surface area contributed by atoms with Crippen molar-refractivity contribution in [2.45, 2.75) is 37.7 Å². The highest BCUT2D eigenvalue weighted by molar-refractivity contribution is 5.82. The van der Waals surface area contributed by atoms with E-state index >= 15 is 0 Å². The predicted octanol–water partition coefficient (Wildman–Crippen LogP) is 3.04. The summed E-state index contributed by atoms with van der Waals surface area (Å²) >= 11 is 0. The predicted molar refractivity (Wildman–Crippen MR) is 63.3 cm³/mol. The van der Waals surface area contributed by atoms with Crippen LogP contribution in [-0.2, 0) is 16.0 Å². The molecule has 0 atom stereocenters. The van der Waals surface area contributed by atoms with E-state index in [4.69, 9.17) is 4.74 Å². The van der Waals surface area contributed by atoms with Gasteiger partial charge in [0.05, 0.1) is 5.60 Å². The Kier molecular flexibility index (Phi) is 3.76. The molecule has 0 amide bonds. The zero-order valence-corrected chi connectivity index (χ0v) is 10.3. The fourth-order valence-electron chi connectivity index (χ4n) is 2.32. The molecule has 0 spiro atoms. The summed E-state index contributed by atoms with van der Waals surface area (Å²) in [5.74, 6) is -1.36. The molecule has 98 valence electrons. The minimum absolute atomic E-state index is 0.00275. The maximum atomic E-state index is 13.4. The van der Waals surface area contributed by atoms with Gasteiger partial charge in [0, 0.05) is 26.0 Å². The summed E-state index contributed by atoms with van der Waals surface area (Å²) in [5.41, 5.74) is -0.0971. The van der Waals surface area contributed by atoms with Gasteiger partial charge in [-0.25, -0.2) is 8.78 Å². The van der Waals surface area contributed by atoms with Gasteiger partial charge >= 0.3 is 0 Å². The number of carbonyl (C=O) groups excluding carboxylic acids is 1. The Labute approximate surface area is 105 Å². The first-order valence-electron chi connectivity index (χ1n) is 6.05. The lowest BCUT2D eigenvalue weighted by Crippen LogP contribution is -2.41. The topological polar surface area (TPSA) is 26.3 Å². The molecular formula is C14H16F2O2. The van der Waals surface area contributed by atoms with Gasteiger partial charge in [-0.1, -0.05) is 6.07 Å². The third-order valence-electron chi connectivity index (χ3n) is 3.62. The number of hydrogen-bond acceptors (Lipinski definition) is 2. The standard InChI is InChI=1S/C14H16F2O2/c1-18-14(5-2-6-14)9-12(17)7-10-3-4-11(15)8-13(10)16/h3-4,8H,2,5-7,9H2,1H3. The van der Waals surface area contributed by atoms with Crippen LogP contribution >= 0.6 is 0 Å². The van der Waals surface area contributed by atoms with Crippen molar-refractivity contribution in [1.29, 1.82) is 0 Å². The van der Waals surface area contributed by atoms with Crippen molar-refractivity contribution >= 4 is 5.78 Å². The van der Waals surface area contributed by atoms with Crippen LogP contribution in [0.1, 0.15) is 31.2 Å². The van der Waals surface area contributed by atoms with Gasteiger partial charge in [0.1, 0.15) is 17.4 Å². The number of carbonyl (C=O) groups is 1. The van der Waals surface area contributed by atoms with Gasteiger partial charge in [-0.15, -0.1) is 0 Å². The Hall–Kier alpha value is -1.29. The second-order valence-corrected chi connectivity index (χ2v) is 4.87. The van der Waals surface area contributed by atoms with Crippen LogP contribution in [0, 0.1) is 11.6 Å². The highest BCUT2D eigenvalue weighted by Gasteiger charge is 2.38. The van der Waals surface area contributed by atoms with Gasteiger partial charge < -0.3 is 4.74 Å². The summed E-state index contributed by atoms with van der Waals surface area (Å²) in [7, 11) is 1.60. The summed E-state index contributed by atoms with van der Waals surface area (Å²) < 4.78 is 31.5. The van der Waals surface area contributed by atoms with Crippen molar-refractivity contribution < 1.29 is 18.3 Å². The summed E-state index contributed by atoms with van der Waals surface area (Å²) in [4.78, 5) is 11.9. The zero-order chi connectivity index (χ0) is 13.2. The van der Waals surface area contributed by atoms with Crippen LogP contribution in [-0.4, -0.2) is 18.5 Å². The maximum absolute atomic E-state index is 13.4. The highest BCUT2D eigenvalue weighted by atomic mass is 19.1. The molecule has 0 heterocycles. The van der Waals surface area contributed by atoms with Crippen molar-refractivity contribution in [1.82, 2.24) is 0 Å². The molecule has 0 saturated heterocycles. The van der Waals surface area contributed by atoms with Crippen molar-refractivity contribution in [3.63, 3.8) is 0 Å². The van der Waals surface area contributed by atoms with E-state index in [-0.39, 0.29) is 23.4 Å². The summed E-state index contributed by atoms with van der Waals surface area (Å²) in [6.07, 6.45) is 3.12. The van der Waals surface area contributed by atoms with Crippen molar-refractivity contribution in [2.24, 2.45) is 0 Å². The van der Waals surface area contributed by atoms with Gasteiger partial charge in [-0.05, 0) is 30.9 Å². The third kappa shape index (κ3) is 2.75. The quantitative estimate of drug-likeness (QED) is 0.807. The van der Waals surface area contributed by atoms with E-state index in [1.165, 1.54) is 12.1 Å². The molecule has 2 rings (SSSR count). The van der Waals surface area contributed by atoms with E-state index in [2.05, 4.69) is 0 Å². The largest absolute Gasteiger partial charge is 0.378 e. The van der Waals surface area contributed by atoms with Gasteiger partial charge in [-0.3, -0.25) is 4.79 Å². The van der Waals surface area contributed by atoms with Crippen LogP contribution in [0.2, 0.25) is 0 Å². The van der Waals surface area contributed by atoms with Crippen LogP contribution in [0.15, 0.2) is 18.2 Å². The minimum atomic E-state index is -0.663. The molecule has 1 saturated carbocycles. The van der Waals surface area contributed by atoms with E-state index in [1.807, 2.05) is 0 Å². The molecule has 0 aromatic heterocycles. The molecule has 2 nitrogen and oxygen atoms in total. The number of ketones is 1. The fraction of sp³-hybridized carbons (Fsp3) is 0.500. The van der Waals surface area contributed by atoms with E-state index in [0.717, 1.165) is 25.3 Å². The van der Waals surface area contributed by atoms with E-state index in [9.17, 15) is 13.6 Å². The van der Waals surface area contributed by atoms with Crippen molar-refractivity contribution in [3.05, 3.63) is 35.4 Å². The van der Waals surface area contributed by atoms with Crippen molar-refractivity contribution in [3.8, 4) is 0 Å². The number of Topliss-reactive ketones (excluding diaryl/α,β-unsaturated/α-hetero) is 1. The Morgan fingerprint density at radius 2 is 2.11 bits per heavy atom. The maximum Gasteiger partial charge on any atom is 0.140 e. The molecule has 0 radical (unpaired) electrons. The zero-order valence-electron chi connectivity index (χ0n) is 10.3. The van der Waals surface area contributed by atoms with Crippen LogP contribution in [0.3, 0.4) is 0 Å². The third-order valence-corrected chi connectivity index (χ3v) is 3.62. The molecular weight excluding hydrogens is 238 g/mol. The highest BCUT2D eigenvalue weighted by Crippen LogP contribution is 2.38. The number of halogens is 2. The molecule has 0 aliphatic heterocycles. The van der Waals surface area contributed by atoms with E-state index in [0.29, 0.717) is 6.42 Å². The average molecular weight is 254 g/mol. The van der Waals surface area contributed by atoms with Crippen molar-refractivity contribution in [2.75, 3.05) is 7.11 Å². The van der Waals surface area contributed by atoms with Gasteiger partial charge in [-0.2, -0.15) is 0 Å². The van der Waals surface area contributed by atoms with Gasteiger partial charge in [0.2, 0.25) is 0 Å². The number of rotatable bonds is 5. The molecule has 1 aromatic rings. The second-order valence-electron chi connectivity index (χ2n) is 4.87. The molecule has 18 heavy (non-hydrogen) atoms. The smallest absolute Gasteiger partial charge is 0.140 e. The monoisotopic (exact) mass is 254 g/mol. The van der Waals surface area contributed by atoms with Gasteiger partial charge in [0.15, 0.2) is 0 Å². The first kappa shape index (κ1) is 13.1. The summed E-state index contributed by atoms with van der Waals surface area (Å²) in [5, 5.41) is 0. The molecule has 1 fully saturated rings. The summed E-state index contributed by atoms with van der Waals surface area (Å²) in [6.45, 7) is 0. The van der Waals surface area contributed by atoms with Crippen LogP contribution < -0.4 is 0 Å². The molecule has 1 aromatic carbocycles. The molecule has 0 bridgehead atoms. The SMILES string of the molecule is COC1(CC(=O)Cc2ccc(F)cc2F)CCC1. The Morgan fingerprint density at radius 1 is 1.39 bits per heavy atom. The van der Waals surface area contributed by atoms with Crippen LogP contribution in [0.4, 0.5) is 8.78 Å². The fourth-order valence-corrected chi connectivity index (χ4v) is 2.32. The molecule has 1 aliphatic rings. The number of benzene rings is 1. The number of methoxy groups -OCH3 is 1. The second kappa shape index (κ2) is 5.14. The first-order valence-corrected chi connectivity index (χ1v) is 6.05. The molecule has 1 aliphatic carbocycles. The first-order chi connectivity index (χ1) is 8.54. The van der Waals surface area contributed by atoms with Crippen LogP contribution in [0.25, 0.3) is 0 Å². The Balaban J connectivity index is 1.98. The summed E-state index contributed by atoms with van der Waals surface area (Å²) in [6, 6.07) is 3.29. The lowest BCUT2D eigenvalue weighted by molar-refractivity contribution is -0.131. The normalized spacial score (nSPS) is 17.3. The molecule has 0 N–H and O–H groups in total. The minimum Gasteiger partial charge on any atom is -0.378 e. The Bertz CT molecular complexity index is 448. The lowest BCUT2D eigenvalue weighted by atomic mass is 9.76. The Morgan fingerprint density at radius 3 is 2.61 bits per heavy atom. The van der Waals surface area contributed by atoms with E-state index < -0.39 is 11.6 Å². The molecule has 4 heteroatoms. The number of ether oxygens (including phenoxy) is 1. The molecule has 0 unspecified atom stereocenters. The van der Waals surface area contributed by atoms with E-state index in [1.54, 1.807) is 7.11 Å². The van der Waals surface area contributed by atoms with Gasteiger partial charge in [0.25, 0.3) is 0 Å². The van der Waals surface area contributed by atoms with Crippen LogP contribution in [0.5, 0.6) is 0 Å². The average Bonchev–Trinajstić information content (AvgIpc) is 2.27.